The van der Waals surface area contributed by atoms with Crippen molar-refractivity contribution >= 4 is 17.2 Å². The Morgan fingerprint density at radius 1 is 1.25 bits per heavy atom. The van der Waals surface area contributed by atoms with Crippen LogP contribution in [0.25, 0.3) is 0 Å². The highest BCUT2D eigenvalue weighted by Crippen LogP contribution is 2.30. The number of thiophene rings is 1. The molecule has 20 heavy (non-hydrogen) atoms. The molecule has 0 aliphatic carbocycles. The predicted molar refractivity (Wildman–Crippen MR) is 71.6 cm³/mol. The molecule has 0 fully saturated rings. The highest BCUT2D eigenvalue weighted by atomic mass is 32.1. The zero-order valence-electron chi connectivity index (χ0n) is 10.4. The van der Waals surface area contributed by atoms with Crippen LogP contribution in [0.4, 0.5) is 19.0 Å². The third-order valence-electron chi connectivity index (χ3n) is 2.67. The van der Waals surface area contributed by atoms with Crippen LogP contribution in [-0.4, -0.2) is 16.7 Å². The lowest BCUT2D eigenvalue weighted by molar-refractivity contribution is -0.141. The van der Waals surface area contributed by atoms with Gasteiger partial charge >= 0.3 is 6.18 Å². The number of nitrogens with zero attached hydrogens (tertiary/aromatic N) is 1. The predicted octanol–water partition coefficient (Wildman–Crippen LogP) is 3.70. The van der Waals surface area contributed by atoms with Crippen molar-refractivity contribution in [3.63, 3.8) is 0 Å². The maximum Gasteiger partial charge on any atom is 0.433 e. The van der Waals surface area contributed by atoms with Crippen molar-refractivity contribution in [2.75, 3.05) is 11.9 Å². The molecule has 0 aliphatic rings. The van der Waals surface area contributed by atoms with Crippen molar-refractivity contribution in [2.45, 2.75) is 18.6 Å². The number of anilines is 1. The molecule has 2 heterocycles. The normalized spacial score (nSPS) is 13.2. The molecule has 0 radical (unpaired) electrons. The molecule has 1 unspecified atom stereocenters. The second-order valence-electron chi connectivity index (χ2n) is 4.13. The number of hydrogen-bond acceptors (Lipinski definition) is 4. The van der Waals surface area contributed by atoms with E-state index in [2.05, 4.69) is 10.3 Å². The van der Waals surface area contributed by atoms with Crippen molar-refractivity contribution < 1.29 is 18.3 Å². The smallest absolute Gasteiger partial charge is 0.396 e. The van der Waals surface area contributed by atoms with E-state index in [-0.39, 0.29) is 18.5 Å². The van der Waals surface area contributed by atoms with Gasteiger partial charge in [0.25, 0.3) is 0 Å². The summed E-state index contributed by atoms with van der Waals surface area (Å²) in [5.74, 6) is 0.145. The number of aliphatic hydroxyl groups excluding tert-OH is 1. The number of pyridine rings is 1. The first-order valence-corrected chi connectivity index (χ1v) is 6.83. The molecular weight excluding hydrogens is 289 g/mol. The average molecular weight is 302 g/mol. The van der Waals surface area contributed by atoms with Gasteiger partial charge in [-0.3, -0.25) is 0 Å². The number of aromatic nitrogens is 1. The van der Waals surface area contributed by atoms with E-state index in [0.29, 0.717) is 6.42 Å². The molecule has 0 aliphatic heterocycles. The van der Waals surface area contributed by atoms with Crippen LogP contribution in [0.1, 0.15) is 23.0 Å². The maximum atomic E-state index is 12.6. The Kier molecular flexibility index (Phi) is 4.61. The van der Waals surface area contributed by atoms with Crippen LogP contribution < -0.4 is 5.32 Å². The molecule has 2 rings (SSSR count). The lowest BCUT2D eigenvalue weighted by Crippen LogP contribution is -2.14. The van der Waals surface area contributed by atoms with E-state index in [4.69, 9.17) is 5.11 Å². The first kappa shape index (κ1) is 14.8. The molecule has 0 saturated heterocycles. The standard InChI is InChI=1S/C13H13F3N2OS/c14-13(15,16)11-4-1-5-12(18-11)17-9(6-7-19)10-3-2-8-20-10/h1-5,8-9,19H,6-7H2,(H,17,18). The molecule has 2 N–H and O–H groups in total. The van der Waals surface area contributed by atoms with Gasteiger partial charge in [-0.25, -0.2) is 4.98 Å². The summed E-state index contributed by atoms with van der Waals surface area (Å²) < 4.78 is 37.8. The molecule has 1 atom stereocenters. The Balaban J connectivity index is 2.19. The van der Waals surface area contributed by atoms with Gasteiger partial charge in [-0.15, -0.1) is 11.3 Å². The summed E-state index contributed by atoms with van der Waals surface area (Å²) in [6.07, 6.45) is -4.06. The van der Waals surface area contributed by atoms with Crippen LogP contribution in [0.5, 0.6) is 0 Å². The number of aliphatic hydroxyl groups is 1. The fourth-order valence-electron chi connectivity index (χ4n) is 1.76. The molecule has 2 aromatic rings. The molecule has 108 valence electrons. The fourth-order valence-corrected chi connectivity index (χ4v) is 2.57. The molecule has 2 aromatic heterocycles. The van der Waals surface area contributed by atoms with E-state index in [1.54, 1.807) is 0 Å². The second kappa shape index (κ2) is 6.23. The molecule has 0 amide bonds. The van der Waals surface area contributed by atoms with Crippen molar-refractivity contribution in [1.29, 1.82) is 0 Å². The van der Waals surface area contributed by atoms with Gasteiger partial charge in [-0.1, -0.05) is 12.1 Å². The van der Waals surface area contributed by atoms with Gasteiger partial charge < -0.3 is 10.4 Å². The van der Waals surface area contributed by atoms with Crippen molar-refractivity contribution in [1.82, 2.24) is 4.98 Å². The summed E-state index contributed by atoms with van der Waals surface area (Å²) in [5.41, 5.74) is -0.934. The van der Waals surface area contributed by atoms with Crippen LogP contribution in [-0.2, 0) is 6.18 Å². The topological polar surface area (TPSA) is 45.1 Å². The van der Waals surface area contributed by atoms with E-state index in [0.717, 1.165) is 10.9 Å². The highest BCUT2D eigenvalue weighted by Gasteiger charge is 2.32. The second-order valence-corrected chi connectivity index (χ2v) is 5.11. The summed E-state index contributed by atoms with van der Waals surface area (Å²) >= 11 is 1.48. The Labute approximate surface area is 118 Å². The fraction of sp³-hybridized carbons (Fsp3) is 0.308. The largest absolute Gasteiger partial charge is 0.433 e. The maximum absolute atomic E-state index is 12.6. The first-order chi connectivity index (χ1) is 9.50. The minimum atomic E-state index is -4.47. The zero-order chi connectivity index (χ0) is 14.6. The Hall–Kier alpha value is -1.60. The first-order valence-electron chi connectivity index (χ1n) is 5.96. The molecule has 7 heteroatoms. The van der Waals surface area contributed by atoms with E-state index in [1.807, 2.05) is 17.5 Å². The Bertz CT molecular complexity index is 543. The zero-order valence-corrected chi connectivity index (χ0v) is 11.2. The number of alkyl halides is 3. The quantitative estimate of drug-likeness (QED) is 0.885. The van der Waals surface area contributed by atoms with Crippen LogP contribution in [0.15, 0.2) is 35.7 Å². The van der Waals surface area contributed by atoms with E-state index in [9.17, 15) is 13.2 Å². The monoisotopic (exact) mass is 302 g/mol. The number of nitrogens with one attached hydrogen (secondary N) is 1. The Morgan fingerprint density at radius 3 is 2.65 bits per heavy atom. The van der Waals surface area contributed by atoms with Gasteiger partial charge in [0.15, 0.2) is 0 Å². The minimum Gasteiger partial charge on any atom is -0.396 e. The summed E-state index contributed by atoms with van der Waals surface area (Å²) in [6.45, 7) is -0.0610. The summed E-state index contributed by atoms with van der Waals surface area (Å²) in [5, 5.41) is 13.9. The number of hydrogen-bond donors (Lipinski definition) is 2. The average Bonchev–Trinajstić information content (AvgIpc) is 2.91. The third kappa shape index (κ3) is 3.71. The van der Waals surface area contributed by atoms with Gasteiger partial charge in [0.2, 0.25) is 0 Å². The van der Waals surface area contributed by atoms with Gasteiger partial charge in [0.05, 0.1) is 6.04 Å². The van der Waals surface area contributed by atoms with E-state index < -0.39 is 11.9 Å². The van der Waals surface area contributed by atoms with Crippen LogP contribution in [0, 0.1) is 0 Å². The highest BCUT2D eigenvalue weighted by molar-refractivity contribution is 7.10. The van der Waals surface area contributed by atoms with Gasteiger partial charge in [-0.2, -0.15) is 13.2 Å². The van der Waals surface area contributed by atoms with E-state index >= 15 is 0 Å². The summed E-state index contributed by atoms with van der Waals surface area (Å²) in [4.78, 5) is 4.51. The molecule has 0 aromatic carbocycles. The van der Waals surface area contributed by atoms with Crippen LogP contribution >= 0.6 is 11.3 Å². The van der Waals surface area contributed by atoms with Gasteiger partial charge in [0, 0.05) is 11.5 Å². The van der Waals surface area contributed by atoms with Crippen LogP contribution in [0.2, 0.25) is 0 Å². The lowest BCUT2D eigenvalue weighted by atomic mass is 10.2. The van der Waals surface area contributed by atoms with Crippen molar-refractivity contribution in [2.24, 2.45) is 0 Å². The lowest BCUT2D eigenvalue weighted by Gasteiger charge is -2.17. The molecule has 3 nitrogen and oxygen atoms in total. The van der Waals surface area contributed by atoms with Crippen molar-refractivity contribution in [3.05, 3.63) is 46.3 Å². The summed E-state index contributed by atoms with van der Waals surface area (Å²) in [7, 11) is 0. The van der Waals surface area contributed by atoms with Gasteiger partial charge in [0.1, 0.15) is 11.5 Å². The molecule has 0 saturated carbocycles. The number of rotatable bonds is 5. The molecule has 0 spiro atoms. The van der Waals surface area contributed by atoms with Gasteiger partial charge in [-0.05, 0) is 30.0 Å². The summed E-state index contributed by atoms with van der Waals surface area (Å²) in [6, 6.07) is 7.18. The molecular formula is C13H13F3N2OS. The van der Waals surface area contributed by atoms with E-state index in [1.165, 1.54) is 23.5 Å². The Morgan fingerprint density at radius 2 is 2.05 bits per heavy atom. The SMILES string of the molecule is OCCC(Nc1cccc(C(F)(F)F)n1)c1cccs1. The third-order valence-corrected chi connectivity index (χ3v) is 3.65. The minimum absolute atomic E-state index is 0.0610. The van der Waals surface area contributed by atoms with Crippen molar-refractivity contribution in [3.8, 4) is 0 Å². The van der Waals surface area contributed by atoms with Crippen LogP contribution in [0.3, 0.4) is 0 Å². The number of halogens is 3. The molecule has 0 bridgehead atoms.